The molecule has 0 spiro atoms. The van der Waals surface area contributed by atoms with E-state index in [1.54, 1.807) is 0 Å². The molecule has 62 valence electrons. The second-order valence-corrected chi connectivity index (χ2v) is 3.37. The van der Waals surface area contributed by atoms with Crippen LogP contribution in [0, 0.1) is 6.92 Å². The van der Waals surface area contributed by atoms with Crippen molar-refractivity contribution in [3.63, 3.8) is 0 Å². The quantitative estimate of drug-likeness (QED) is 0.558. The maximum absolute atomic E-state index is 10.1. The number of hydrogen-bond acceptors (Lipinski definition) is 1. The molecule has 0 atom stereocenters. The minimum Gasteiger partial charge on any atom is -0.299 e. The molecule has 1 nitrogen and oxygen atoms in total. The highest BCUT2D eigenvalue weighted by Gasteiger charge is 1.94. The number of carbonyl (C=O) groups excluding carboxylic acids is 1. The summed E-state index contributed by atoms with van der Waals surface area (Å²) in [6.07, 6.45) is 2.26. The van der Waals surface area contributed by atoms with Crippen LogP contribution in [0.3, 0.4) is 0 Å². The fraction of sp³-hybridized carbons (Fsp3) is 0.100. The lowest BCUT2D eigenvalue weighted by atomic mass is 10.1. The first-order valence-corrected chi connectivity index (χ1v) is 4.41. The zero-order chi connectivity index (χ0) is 8.97. The zero-order valence-electron chi connectivity index (χ0n) is 6.75. The summed E-state index contributed by atoms with van der Waals surface area (Å²) >= 11 is 3.30. The third-order valence-corrected chi connectivity index (χ3v) is 2.26. The van der Waals surface area contributed by atoms with Crippen LogP contribution in [0.15, 0.2) is 30.3 Å². The molecule has 12 heavy (non-hydrogen) atoms. The van der Waals surface area contributed by atoms with E-state index >= 15 is 0 Å². The van der Waals surface area contributed by atoms with Gasteiger partial charge in [0.2, 0.25) is 0 Å². The van der Waals surface area contributed by atoms with Gasteiger partial charge in [-0.2, -0.15) is 0 Å². The molecular formula is C10H9BrO. The Bertz CT molecular complexity index is 298. The predicted octanol–water partition coefficient (Wildman–Crippen LogP) is 2.93. The molecule has 1 aromatic carbocycles. The van der Waals surface area contributed by atoms with Crippen LogP contribution in [-0.4, -0.2) is 6.29 Å². The van der Waals surface area contributed by atoms with E-state index in [1.807, 2.05) is 31.2 Å². The normalized spacial score (nSPS) is 11.3. The Morgan fingerprint density at radius 2 is 1.92 bits per heavy atom. The van der Waals surface area contributed by atoms with Gasteiger partial charge < -0.3 is 0 Å². The van der Waals surface area contributed by atoms with Crippen LogP contribution in [-0.2, 0) is 4.79 Å². The van der Waals surface area contributed by atoms with Gasteiger partial charge in [-0.05, 0) is 18.6 Å². The Balaban J connectivity index is 2.97. The molecule has 0 bridgehead atoms. The number of allylic oxidation sites excluding steroid dienone is 1. The summed E-state index contributed by atoms with van der Waals surface area (Å²) in [5, 5.41) is 0. The van der Waals surface area contributed by atoms with Crippen molar-refractivity contribution in [2.75, 3.05) is 0 Å². The highest BCUT2D eigenvalue weighted by atomic mass is 79.9. The van der Waals surface area contributed by atoms with Gasteiger partial charge in [0.25, 0.3) is 0 Å². The van der Waals surface area contributed by atoms with Crippen LogP contribution in [0.1, 0.15) is 11.1 Å². The first-order chi connectivity index (χ1) is 5.74. The number of hydrogen-bond donors (Lipinski definition) is 0. The third-order valence-electron chi connectivity index (χ3n) is 1.54. The summed E-state index contributed by atoms with van der Waals surface area (Å²) < 4.78 is 0.817. The number of halogens is 1. The van der Waals surface area contributed by atoms with E-state index in [9.17, 15) is 4.79 Å². The maximum atomic E-state index is 10.1. The smallest absolute Gasteiger partial charge is 0.143 e. The highest BCUT2D eigenvalue weighted by Crippen LogP contribution is 2.20. The molecule has 0 saturated heterocycles. The number of rotatable bonds is 2. The van der Waals surface area contributed by atoms with Crippen molar-refractivity contribution in [2.24, 2.45) is 0 Å². The first-order valence-electron chi connectivity index (χ1n) is 3.62. The summed E-state index contributed by atoms with van der Waals surface area (Å²) in [6, 6.07) is 7.96. The summed E-state index contributed by atoms with van der Waals surface area (Å²) in [4.78, 5) is 10.1. The molecule has 0 radical (unpaired) electrons. The number of carbonyl (C=O) groups is 1. The summed E-state index contributed by atoms with van der Waals surface area (Å²) in [6.45, 7) is 2.03. The van der Waals surface area contributed by atoms with E-state index in [-0.39, 0.29) is 0 Å². The summed E-state index contributed by atoms with van der Waals surface area (Å²) in [5.74, 6) is 0. The van der Waals surface area contributed by atoms with Crippen molar-refractivity contribution in [3.05, 3.63) is 41.5 Å². The largest absolute Gasteiger partial charge is 0.299 e. The Morgan fingerprint density at radius 1 is 1.33 bits per heavy atom. The topological polar surface area (TPSA) is 17.1 Å². The van der Waals surface area contributed by atoms with E-state index in [0.717, 1.165) is 16.3 Å². The van der Waals surface area contributed by atoms with E-state index < -0.39 is 0 Å². The lowest BCUT2D eigenvalue weighted by Gasteiger charge is -1.97. The van der Waals surface area contributed by atoms with E-state index in [0.29, 0.717) is 0 Å². The molecule has 0 aliphatic carbocycles. The van der Waals surface area contributed by atoms with Gasteiger partial charge in [0.1, 0.15) is 6.29 Å². The summed E-state index contributed by atoms with van der Waals surface area (Å²) in [5.41, 5.74) is 2.23. The zero-order valence-corrected chi connectivity index (χ0v) is 8.34. The van der Waals surface area contributed by atoms with Crippen molar-refractivity contribution in [1.29, 1.82) is 0 Å². The summed E-state index contributed by atoms with van der Waals surface area (Å²) in [7, 11) is 0. The van der Waals surface area contributed by atoms with Crippen molar-refractivity contribution >= 4 is 26.7 Å². The van der Waals surface area contributed by atoms with Crippen molar-refractivity contribution in [1.82, 2.24) is 0 Å². The second-order valence-electron chi connectivity index (χ2n) is 2.52. The fourth-order valence-corrected chi connectivity index (χ4v) is 1.24. The lowest BCUT2D eigenvalue weighted by Crippen LogP contribution is -1.77. The van der Waals surface area contributed by atoms with Crippen LogP contribution in [0.4, 0.5) is 0 Å². The molecular weight excluding hydrogens is 216 g/mol. The van der Waals surface area contributed by atoms with Gasteiger partial charge >= 0.3 is 0 Å². The molecule has 0 amide bonds. The van der Waals surface area contributed by atoms with Crippen molar-refractivity contribution in [3.8, 4) is 0 Å². The first kappa shape index (κ1) is 9.20. The SMILES string of the molecule is Cc1ccc(/C(Br)=C\C=O)cc1. The van der Waals surface area contributed by atoms with E-state index in [4.69, 9.17) is 0 Å². The van der Waals surface area contributed by atoms with Gasteiger partial charge in [-0.25, -0.2) is 0 Å². The standard InChI is InChI=1S/C10H9BrO/c1-8-2-4-9(5-3-8)10(11)6-7-12/h2-7H,1H3/b10-6+. The van der Waals surface area contributed by atoms with Gasteiger partial charge in [0.15, 0.2) is 0 Å². The maximum Gasteiger partial charge on any atom is 0.143 e. The van der Waals surface area contributed by atoms with Crippen molar-refractivity contribution < 1.29 is 4.79 Å². The third kappa shape index (κ3) is 2.31. The molecule has 1 rings (SSSR count). The lowest BCUT2D eigenvalue weighted by molar-refractivity contribution is -0.104. The minimum atomic E-state index is 0.768. The minimum absolute atomic E-state index is 0.768. The molecule has 0 aliphatic rings. The number of benzene rings is 1. The van der Waals surface area contributed by atoms with Gasteiger partial charge in [0.05, 0.1) is 0 Å². The Hall–Kier alpha value is -0.890. The molecule has 0 unspecified atom stereocenters. The van der Waals surface area contributed by atoms with Gasteiger partial charge in [-0.15, -0.1) is 0 Å². The average Bonchev–Trinajstić information content (AvgIpc) is 2.06. The van der Waals surface area contributed by atoms with Crippen LogP contribution >= 0.6 is 15.9 Å². The number of aryl methyl sites for hydroxylation is 1. The van der Waals surface area contributed by atoms with Crippen LogP contribution in [0.2, 0.25) is 0 Å². The van der Waals surface area contributed by atoms with E-state index in [2.05, 4.69) is 15.9 Å². The van der Waals surface area contributed by atoms with Crippen LogP contribution < -0.4 is 0 Å². The average molecular weight is 225 g/mol. The molecule has 0 saturated carbocycles. The molecule has 0 N–H and O–H groups in total. The number of aldehydes is 1. The highest BCUT2D eigenvalue weighted by molar-refractivity contribution is 9.15. The van der Waals surface area contributed by atoms with Gasteiger partial charge in [-0.3, -0.25) is 4.79 Å². The second kappa shape index (κ2) is 4.21. The van der Waals surface area contributed by atoms with Gasteiger partial charge in [0, 0.05) is 4.48 Å². The van der Waals surface area contributed by atoms with Crippen LogP contribution in [0.25, 0.3) is 4.48 Å². The molecule has 0 fully saturated rings. The molecule has 0 aromatic heterocycles. The fourth-order valence-electron chi connectivity index (χ4n) is 0.869. The molecule has 2 heteroatoms. The molecule has 1 aromatic rings. The van der Waals surface area contributed by atoms with E-state index in [1.165, 1.54) is 11.6 Å². The van der Waals surface area contributed by atoms with Crippen molar-refractivity contribution in [2.45, 2.75) is 6.92 Å². The predicted molar refractivity (Wildman–Crippen MR) is 54.1 cm³/mol. The Kier molecular flexibility index (Phi) is 3.23. The molecule has 0 heterocycles. The monoisotopic (exact) mass is 224 g/mol. The molecule has 0 aliphatic heterocycles. The van der Waals surface area contributed by atoms with Crippen LogP contribution in [0.5, 0.6) is 0 Å². The Morgan fingerprint density at radius 3 is 2.42 bits per heavy atom. The van der Waals surface area contributed by atoms with Gasteiger partial charge in [-0.1, -0.05) is 45.8 Å². The Labute approximate surface area is 80.2 Å².